The Hall–Kier alpha value is -1.79. The molecule has 2 rings (SSSR count). The average molecular weight is 321 g/mol. The number of carboxylic acid groups (broad SMARTS) is 1. The first-order valence-electron chi connectivity index (χ1n) is 6.36. The zero-order chi connectivity index (χ0) is 15.1. The molecule has 0 aliphatic carbocycles. The maximum Gasteiger partial charge on any atom is 0.307 e. The molecular formula is C15H15NO3S2. The van der Waals surface area contributed by atoms with Crippen LogP contribution >= 0.6 is 23.1 Å². The summed E-state index contributed by atoms with van der Waals surface area (Å²) in [6.45, 7) is 0.564. The number of carbonyl (C=O) groups excluding carboxylic acids is 1. The molecule has 0 fully saturated rings. The Kier molecular flexibility index (Phi) is 5.83. The molecule has 0 aliphatic rings. The van der Waals surface area contributed by atoms with Gasteiger partial charge in [0, 0.05) is 9.77 Å². The minimum atomic E-state index is -0.844. The van der Waals surface area contributed by atoms with Gasteiger partial charge < -0.3 is 10.4 Å². The highest BCUT2D eigenvalue weighted by Gasteiger charge is 2.04. The van der Waals surface area contributed by atoms with E-state index in [9.17, 15) is 9.59 Å². The predicted molar refractivity (Wildman–Crippen MR) is 84.7 cm³/mol. The molecule has 0 aliphatic heterocycles. The number of hydrogen-bond donors (Lipinski definition) is 2. The molecule has 1 heterocycles. The lowest BCUT2D eigenvalue weighted by molar-refractivity contribution is -0.136. The number of hydrogen-bond acceptors (Lipinski definition) is 4. The summed E-state index contributed by atoms with van der Waals surface area (Å²) in [6, 6.07) is 11.2. The first-order chi connectivity index (χ1) is 10.1. The number of rotatable bonds is 7. The van der Waals surface area contributed by atoms with Crippen LogP contribution in [0.15, 0.2) is 46.7 Å². The third kappa shape index (κ3) is 5.61. The van der Waals surface area contributed by atoms with Gasteiger partial charge in [0.2, 0.25) is 5.91 Å². The molecule has 0 unspecified atom stereocenters. The second kappa shape index (κ2) is 7.85. The summed E-state index contributed by atoms with van der Waals surface area (Å²) < 4.78 is 0. The second-order valence-corrected chi connectivity index (χ2v) is 6.44. The van der Waals surface area contributed by atoms with E-state index in [1.54, 1.807) is 23.5 Å². The molecule has 0 spiro atoms. The molecule has 0 radical (unpaired) electrons. The lowest BCUT2D eigenvalue weighted by atomic mass is 10.2. The summed E-state index contributed by atoms with van der Waals surface area (Å²) in [5.74, 6) is -0.504. The molecule has 0 bridgehead atoms. The largest absolute Gasteiger partial charge is 0.481 e. The first-order valence-corrected chi connectivity index (χ1v) is 8.22. The smallest absolute Gasteiger partial charge is 0.307 e. The van der Waals surface area contributed by atoms with Crippen LogP contribution < -0.4 is 5.32 Å². The highest BCUT2D eigenvalue weighted by molar-refractivity contribution is 8.00. The normalized spacial score (nSPS) is 10.3. The maximum atomic E-state index is 11.7. The second-order valence-electron chi connectivity index (χ2n) is 4.36. The van der Waals surface area contributed by atoms with Crippen molar-refractivity contribution >= 4 is 35.0 Å². The quantitative estimate of drug-likeness (QED) is 0.770. The molecule has 1 aromatic carbocycles. The van der Waals surface area contributed by atoms with Crippen molar-refractivity contribution in [3.05, 3.63) is 52.2 Å². The van der Waals surface area contributed by atoms with Crippen LogP contribution in [0.25, 0.3) is 0 Å². The topological polar surface area (TPSA) is 66.4 Å². The van der Waals surface area contributed by atoms with Crippen molar-refractivity contribution in [1.82, 2.24) is 5.32 Å². The number of thiophene rings is 1. The van der Waals surface area contributed by atoms with Gasteiger partial charge in [0.25, 0.3) is 0 Å². The summed E-state index contributed by atoms with van der Waals surface area (Å²) in [5.41, 5.74) is 0.758. The van der Waals surface area contributed by atoms with Crippen molar-refractivity contribution in [3.8, 4) is 0 Å². The molecule has 0 saturated heterocycles. The minimum absolute atomic E-state index is 0.0111. The highest BCUT2D eigenvalue weighted by Crippen LogP contribution is 2.18. The van der Waals surface area contributed by atoms with E-state index in [2.05, 4.69) is 5.32 Å². The van der Waals surface area contributed by atoms with Crippen molar-refractivity contribution in [3.63, 3.8) is 0 Å². The van der Waals surface area contributed by atoms with E-state index >= 15 is 0 Å². The SMILES string of the molecule is O=C(O)Cc1ccc(SCC(=O)NCc2cccs2)cc1. The van der Waals surface area contributed by atoms with Gasteiger partial charge >= 0.3 is 5.97 Å². The van der Waals surface area contributed by atoms with Crippen molar-refractivity contribution in [2.75, 3.05) is 5.75 Å². The van der Waals surface area contributed by atoms with Gasteiger partial charge in [-0.1, -0.05) is 18.2 Å². The number of aliphatic carboxylic acids is 1. The van der Waals surface area contributed by atoms with Crippen LogP contribution in [0, 0.1) is 0 Å². The van der Waals surface area contributed by atoms with E-state index in [4.69, 9.17) is 5.11 Å². The molecule has 2 N–H and O–H groups in total. The zero-order valence-electron chi connectivity index (χ0n) is 11.2. The molecule has 0 saturated carbocycles. The molecule has 1 aromatic heterocycles. The van der Waals surface area contributed by atoms with Gasteiger partial charge in [-0.25, -0.2) is 0 Å². The Labute approximate surface area is 131 Å². The fourth-order valence-electron chi connectivity index (χ4n) is 1.68. The standard InChI is InChI=1S/C15H15NO3S2/c17-14(16-9-13-2-1-7-20-13)10-21-12-5-3-11(4-6-12)8-15(18)19/h1-7H,8-10H2,(H,16,17)(H,18,19). The van der Waals surface area contributed by atoms with Gasteiger partial charge in [-0.3, -0.25) is 9.59 Å². The fourth-order valence-corrected chi connectivity index (χ4v) is 3.05. The van der Waals surface area contributed by atoms with Gasteiger partial charge in [0.1, 0.15) is 0 Å². The van der Waals surface area contributed by atoms with Crippen LogP contribution in [0.4, 0.5) is 0 Å². The van der Waals surface area contributed by atoms with Gasteiger partial charge in [-0.2, -0.15) is 0 Å². The average Bonchev–Trinajstić information content (AvgIpc) is 2.97. The number of nitrogens with one attached hydrogen (secondary N) is 1. The lowest BCUT2D eigenvalue weighted by Crippen LogP contribution is -2.24. The van der Waals surface area contributed by atoms with Crippen LogP contribution in [-0.4, -0.2) is 22.7 Å². The number of thioether (sulfide) groups is 1. The number of carboxylic acids is 1. The molecule has 110 valence electrons. The summed E-state index contributed by atoms with van der Waals surface area (Å²) in [5, 5.41) is 13.5. The third-order valence-corrected chi connectivity index (χ3v) is 4.58. The molecule has 0 atom stereocenters. The Morgan fingerprint density at radius 1 is 1.19 bits per heavy atom. The molecule has 4 nitrogen and oxygen atoms in total. The van der Waals surface area contributed by atoms with Crippen molar-refractivity contribution in [1.29, 1.82) is 0 Å². The van der Waals surface area contributed by atoms with E-state index in [0.717, 1.165) is 15.3 Å². The van der Waals surface area contributed by atoms with Gasteiger partial charge in [-0.15, -0.1) is 23.1 Å². The Bertz CT molecular complexity index is 594. The fraction of sp³-hybridized carbons (Fsp3) is 0.200. The summed E-state index contributed by atoms with van der Waals surface area (Å²) >= 11 is 3.05. The van der Waals surface area contributed by atoms with Crippen LogP contribution in [0.3, 0.4) is 0 Å². The Morgan fingerprint density at radius 2 is 1.95 bits per heavy atom. The van der Waals surface area contributed by atoms with Gasteiger partial charge in [0.15, 0.2) is 0 Å². The van der Waals surface area contributed by atoms with Crippen LogP contribution in [-0.2, 0) is 22.6 Å². The summed E-state index contributed by atoms with van der Waals surface area (Å²) in [7, 11) is 0. The van der Waals surface area contributed by atoms with Crippen LogP contribution in [0.1, 0.15) is 10.4 Å². The minimum Gasteiger partial charge on any atom is -0.481 e. The van der Waals surface area contributed by atoms with Gasteiger partial charge in [0.05, 0.1) is 18.7 Å². The Balaban J connectivity index is 1.74. The van der Waals surface area contributed by atoms with Crippen molar-refractivity contribution < 1.29 is 14.7 Å². The number of amides is 1. The van der Waals surface area contributed by atoms with E-state index in [-0.39, 0.29) is 12.3 Å². The highest BCUT2D eigenvalue weighted by atomic mass is 32.2. The monoisotopic (exact) mass is 321 g/mol. The summed E-state index contributed by atoms with van der Waals surface area (Å²) in [4.78, 5) is 24.4. The third-order valence-electron chi connectivity index (χ3n) is 2.69. The predicted octanol–water partition coefficient (Wildman–Crippen LogP) is 2.78. The van der Waals surface area contributed by atoms with E-state index < -0.39 is 5.97 Å². The molecule has 1 amide bonds. The van der Waals surface area contributed by atoms with Crippen LogP contribution in [0.2, 0.25) is 0 Å². The molecule has 2 aromatic rings. The number of benzene rings is 1. The Morgan fingerprint density at radius 3 is 2.57 bits per heavy atom. The van der Waals surface area contributed by atoms with Gasteiger partial charge in [-0.05, 0) is 29.1 Å². The zero-order valence-corrected chi connectivity index (χ0v) is 12.9. The number of carbonyl (C=O) groups is 2. The van der Waals surface area contributed by atoms with E-state index in [1.807, 2.05) is 29.6 Å². The van der Waals surface area contributed by atoms with Crippen molar-refractivity contribution in [2.24, 2.45) is 0 Å². The van der Waals surface area contributed by atoms with Crippen molar-refractivity contribution in [2.45, 2.75) is 17.9 Å². The molecular weight excluding hydrogens is 306 g/mol. The van der Waals surface area contributed by atoms with E-state index in [1.165, 1.54) is 11.8 Å². The first kappa shape index (κ1) is 15.6. The lowest BCUT2D eigenvalue weighted by Gasteiger charge is -2.04. The van der Waals surface area contributed by atoms with Crippen LogP contribution in [0.5, 0.6) is 0 Å². The maximum absolute atomic E-state index is 11.7. The summed E-state index contributed by atoms with van der Waals surface area (Å²) in [6.07, 6.45) is 0.0201. The molecule has 21 heavy (non-hydrogen) atoms. The van der Waals surface area contributed by atoms with E-state index in [0.29, 0.717) is 12.3 Å². The molecule has 6 heteroatoms.